The Bertz CT molecular complexity index is 536. The number of rotatable bonds is 3. The van der Waals surface area contributed by atoms with Gasteiger partial charge in [0.15, 0.2) is 0 Å². The molecule has 0 unspecified atom stereocenters. The van der Waals surface area contributed by atoms with Crippen molar-refractivity contribution in [1.82, 2.24) is 0 Å². The van der Waals surface area contributed by atoms with Crippen LogP contribution in [0.3, 0.4) is 0 Å². The van der Waals surface area contributed by atoms with Crippen molar-refractivity contribution >= 4 is 5.69 Å². The van der Waals surface area contributed by atoms with Crippen LogP contribution < -0.4 is 0 Å². The highest BCUT2D eigenvalue weighted by molar-refractivity contribution is 5.55. The van der Waals surface area contributed by atoms with Crippen molar-refractivity contribution in [3.63, 3.8) is 0 Å². The van der Waals surface area contributed by atoms with Crippen molar-refractivity contribution in [2.45, 2.75) is 13.3 Å². The molecule has 0 saturated carbocycles. The Kier molecular flexibility index (Phi) is 4.55. The summed E-state index contributed by atoms with van der Waals surface area (Å²) in [6.45, 7) is 2.04. The average Bonchev–Trinajstić information content (AvgIpc) is 2.30. The van der Waals surface area contributed by atoms with Crippen molar-refractivity contribution in [1.29, 1.82) is 0 Å². The molecule has 17 heavy (non-hydrogen) atoms. The van der Waals surface area contributed by atoms with Crippen LogP contribution >= 0.6 is 0 Å². The first-order chi connectivity index (χ1) is 8.16. The second-order valence-corrected chi connectivity index (χ2v) is 3.23. The summed E-state index contributed by atoms with van der Waals surface area (Å²) in [6, 6.07) is 4.81. The van der Waals surface area contributed by atoms with Crippen molar-refractivity contribution in [3.8, 4) is 11.8 Å². The average molecular weight is 230 g/mol. The Labute approximate surface area is 98.0 Å². The minimum absolute atomic E-state index is 0.00119. The predicted octanol–water partition coefficient (Wildman–Crippen LogP) is 2.96. The summed E-state index contributed by atoms with van der Waals surface area (Å²) >= 11 is 0. The maximum atomic E-state index is 10.8. The fourth-order valence-corrected chi connectivity index (χ4v) is 1.27. The maximum absolute atomic E-state index is 10.8. The van der Waals surface area contributed by atoms with E-state index >= 15 is 0 Å². The molecular formula is C11H10N4O2. The molecule has 6 nitrogen and oxygen atoms in total. The lowest BCUT2D eigenvalue weighted by atomic mass is 10.1. The van der Waals surface area contributed by atoms with Crippen molar-refractivity contribution in [2.75, 3.05) is 6.54 Å². The fraction of sp³-hybridized carbons (Fsp3) is 0.273. The molecule has 0 aliphatic heterocycles. The zero-order valence-corrected chi connectivity index (χ0v) is 9.25. The SMILES string of the molecule is Cc1cccc([N+](=O)[O-])c1C#CCCN=[N+]=[N-]. The van der Waals surface area contributed by atoms with E-state index in [1.165, 1.54) is 6.07 Å². The van der Waals surface area contributed by atoms with Gasteiger partial charge in [-0.3, -0.25) is 10.1 Å². The first-order valence-electron chi connectivity index (χ1n) is 4.90. The first-order valence-corrected chi connectivity index (χ1v) is 4.90. The van der Waals surface area contributed by atoms with E-state index in [1.54, 1.807) is 19.1 Å². The molecule has 0 heterocycles. The van der Waals surface area contributed by atoms with Gasteiger partial charge < -0.3 is 0 Å². The molecule has 0 fully saturated rings. The lowest BCUT2D eigenvalue weighted by Crippen LogP contribution is -1.94. The standard InChI is InChI=1S/C11H10N4O2/c1-9-5-4-7-11(15(16)17)10(9)6-2-3-8-13-14-12/h4-5,7H,3,8H2,1H3. The third kappa shape index (κ3) is 3.52. The second kappa shape index (κ2) is 6.16. The molecule has 0 aliphatic rings. The minimum Gasteiger partial charge on any atom is -0.258 e. The summed E-state index contributed by atoms with van der Waals surface area (Å²) in [4.78, 5) is 12.9. The van der Waals surface area contributed by atoms with E-state index in [2.05, 4.69) is 21.9 Å². The molecule has 1 aromatic carbocycles. The summed E-state index contributed by atoms with van der Waals surface area (Å²) in [5.41, 5.74) is 9.24. The fourth-order valence-electron chi connectivity index (χ4n) is 1.27. The second-order valence-electron chi connectivity index (χ2n) is 3.23. The topological polar surface area (TPSA) is 91.9 Å². The van der Waals surface area contributed by atoms with E-state index < -0.39 is 4.92 Å². The monoisotopic (exact) mass is 230 g/mol. The van der Waals surface area contributed by atoms with Crippen LogP contribution in [0.1, 0.15) is 17.5 Å². The number of nitro groups is 1. The van der Waals surface area contributed by atoms with Crippen LogP contribution in [0.2, 0.25) is 0 Å². The molecule has 6 heteroatoms. The summed E-state index contributed by atoms with van der Waals surface area (Å²) in [6.07, 6.45) is 0.384. The van der Waals surface area contributed by atoms with Crippen molar-refractivity contribution in [2.24, 2.45) is 5.11 Å². The highest BCUT2D eigenvalue weighted by Gasteiger charge is 2.12. The van der Waals surface area contributed by atoms with E-state index in [4.69, 9.17) is 5.53 Å². The van der Waals surface area contributed by atoms with Gasteiger partial charge in [0.1, 0.15) is 5.56 Å². The highest BCUT2D eigenvalue weighted by Crippen LogP contribution is 2.20. The lowest BCUT2D eigenvalue weighted by Gasteiger charge is -1.98. The first kappa shape index (κ1) is 12.6. The zero-order valence-electron chi connectivity index (χ0n) is 9.25. The Morgan fingerprint density at radius 3 is 3.00 bits per heavy atom. The summed E-state index contributed by atoms with van der Waals surface area (Å²) in [5, 5.41) is 14.1. The number of hydrogen-bond acceptors (Lipinski definition) is 3. The molecule has 0 radical (unpaired) electrons. The van der Waals surface area contributed by atoms with Gasteiger partial charge in [-0.1, -0.05) is 29.1 Å². The van der Waals surface area contributed by atoms with Crippen LogP contribution in [0.25, 0.3) is 10.4 Å². The Hall–Kier alpha value is -2.51. The third-order valence-corrected chi connectivity index (χ3v) is 2.06. The maximum Gasteiger partial charge on any atom is 0.285 e. The zero-order chi connectivity index (χ0) is 12.7. The van der Waals surface area contributed by atoms with E-state index in [9.17, 15) is 10.1 Å². The minimum atomic E-state index is -0.454. The summed E-state index contributed by atoms with van der Waals surface area (Å²) in [7, 11) is 0. The Balaban J connectivity index is 2.96. The molecule has 0 spiro atoms. The van der Waals surface area contributed by atoms with Crippen LogP contribution in [-0.4, -0.2) is 11.5 Å². The van der Waals surface area contributed by atoms with Crippen LogP contribution in [0.15, 0.2) is 23.3 Å². The van der Waals surface area contributed by atoms with Gasteiger partial charge in [-0.25, -0.2) is 0 Å². The number of nitrogens with zero attached hydrogens (tertiary/aromatic N) is 4. The van der Waals surface area contributed by atoms with E-state index in [0.29, 0.717) is 12.0 Å². The molecule has 0 bridgehead atoms. The molecule has 0 aromatic heterocycles. The van der Waals surface area contributed by atoms with E-state index in [-0.39, 0.29) is 12.2 Å². The van der Waals surface area contributed by atoms with Gasteiger partial charge in [-0.2, -0.15) is 0 Å². The van der Waals surface area contributed by atoms with Gasteiger partial charge in [0.2, 0.25) is 0 Å². The van der Waals surface area contributed by atoms with Gasteiger partial charge in [-0.05, 0) is 18.0 Å². The molecule has 1 rings (SSSR count). The molecule has 86 valence electrons. The smallest absolute Gasteiger partial charge is 0.258 e. The number of nitro benzene ring substituents is 1. The number of hydrogen-bond donors (Lipinski definition) is 0. The van der Waals surface area contributed by atoms with E-state index in [0.717, 1.165) is 5.56 Å². The molecule has 0 atom stereocenters. The van der Waals surface area contributed by atoms with Crippen molar-refractivity contribution in [3.05, 3.63) is 49.9 Å². The lowest BCUT2D eigenvalue weighted by molar-refractivity contribution is -0.385. The van der Waals surface area contributed by atoms with Gasteiger partial charge >= 0.3 is 0 Å². The van der Waals surface area contributed by atoms with Gasteiger partial charge in [0, 0.05) is 23.9 Å². The Morgan fingerprint density at radius 1 is 1.59 bits per heavy atom. The van der Waals surface area contributed by atoms with Crippen LogP contribution in [0.5, 0.6) is 0 Å². The normalized spacial score (nSPS) is 8.76. The molecule has 1 aromatic rings. The molecule has 0 saturated heterocycles. The highest BCUT2D eigenvalue weighted by atomic mass is 16.6. The quantitative estimate of drug-likeness (QED) is 0.152. The Morgan fingerprint density at radius 2 is 2.35 bits per heavy atom. The third-order valence-electron chi connectivity index (χ3n) is 2.06. The van der Waals surface area contributed by atoms with E-state index in [1.807, 2.05) is 0 Å². The van der Waals surface area contributed by atoms with Crippen molar-refractivity contribution < 1.29 is 4.92 Å². The van der Waals surface area contributed by atoms with Gasteiger partial charge in [-0.15, -0.1) is 0 Å². The number of azide groups is 1. The van der Waals surface area contributed by atoms with Gasteiger partial charge in [0.25, 0.3) is 5.69 Å². The summed E-state index contributed by atoms with van der Waals surface area (Å²) < 4.78 is 0. The largest absolute Gasteiger partial charge is 0.285 e. The molecule has 0 amide bonds. The number of benzene rings is 1. The predicted molar refractivity (Wildman–Crippen MR) is 63.3 cm³/mol. The molecule has 0 aliphatic carbocycles. The van der Waals surface area contributed by atoms with Gasteiger partial charge in [0.05, 0.1) is 4.92 Å². The van der Waals surface area contributed by atoms with Crippen LogP contribution in [0.4, 0.5) is 5.69 Å². The molecule has 0 N–H and O–H groups in total. The van der Waals surface area contributed by atoms with Crippen LogP contribution in [0, 0.1) is 28.9 Å². The molecular weight excluding hydrogens is 220 g/mol. The summed E-state index contributed by atoms with van der Waals surface area (Å²) in [5.74, 6) is 5.50. The number of aryl methyl sites for hydroxylation is 1. The van der Waals surface area contributed by atoms with Crippen LogP contribution in [-0.2, 0) is 0 Å².